The normalized spacial score (nSPS) is 13.3. The van der Waals surface area contributed by atoms with Gasteiger partial charge in [-0.3, -0.25) is 28.4 Å². The van der Waals surface area contributed by atoms with Crippen molar-refractivity contribution in [1.29, 1.82) is 0 Å². The van der Waals surface area contributed by atoms with Gasteiger partial charge in [0, 0.05) is 57.7 Å². The average Bonchev–Trinajstić information content (AvgIpc) is 3.64. The zero-order valence-electron chi connectivity index (χ0n) is 24.1. The van der Waals surface area contributed by atoms with Crippen LogP contribution in [0.1, 0.15) is 43.0 Å². The van der Waals surface area contributed by atoms with Gasteiger partial charge in [-0.15, -0.1) is 0 Å². The summed E-state index contributed by atoms with van der Waals surface area (Å²) in [5, 5.41) is 0. The summed E-state index contributed by atoms with van der Waals surface area (Å²) in [5.41, 5.74) is 0.260. The van der Waals surface area contributed by atoms with Crippen molar-refractivity contribution in [2.45, 2.75) is 45.7 Å². The first-order valence-corrected chi connectivity index (χ1v) is 14.2. The molecule has 0 unspecified atom stereocenters. The second-order valence-electron chi connectivity index (χ2n) is 10.2. The Kier molecular flexibility index (Phi) is 9.04. The summed E-state index contributed by atoms with van der Waals surface area (Å²) in [6, 6.07) is 5.79. The molecule has 0 aliphatic carbocycles. The number of anilines is 1. The second kappa shape index (κ2) is 13.1. The number of rotatable bonds is 12. The Bertz CT molecular complexity index is 1730. The summed E-state index contributed by atoms with van der Waals surface area (Å²) in [5.74, 6) is -0.348. The maximum atomic E-state index is 13.4. The van der Waals surface area contributed by atoms with E-state index in [0.29, 0.717) is 56.1 Å². The highest BCUT2D eigenvalue weighted by atomic mass is 19.1. The molecule has 0 bridgehead atoms. The van der Waals surface area contributed by atoms with Gasteiger partial charge in [-0.05, 0) is 43.5 Å². The van der Waals surface area contributed by atoms with Gasteiger partial charge in [0.2, 0.25) is 11.9 Å². The lowest BCUT2D eigenvalue weighted by molar-refractivity contribution is -0.127. The van der Waals surface area contributed by atoms with E-state index in [1.165, 1.54) is 33.4 Å². The zero-order valence-corrected chi connectivity index (χ0v) is 24.1. The summed E-state index contributed by atoms with van der Waals surface area (Å²) in [7, 11) is 1.51. The lowest BCUT2D eigenvalue weighted by atomic mass is 10.2. The van der Waals surface area contributed by atoms with Crippen LogP contribution in [-0.2, 0) is 22.6 Å². The van der Waals surface area contributed by atoms with Crippen molar-refractivity contribution >= 4 is 28.8 Å². The van der Waals surface area contributed by atoms with Crippen molar-refractivity contribution in [3.63, 3.8) is 0 Å². The highest BCUT2D eigenvalue weighted by molar-refractivity contribution is 6.05. The summed E-state index contributed by atoms with van der Waals surface area (Å²) in [6.07, 6.45) is 5.18. The van der Waals surface area contributed by atoms with Crippen LogP contribution in [0.4, 0.5) is 10.2 Å². The van der Waals surface area contributed by atoms with Crippen molar-refractivity contribution < 1.29 is 18.7 Å². The Labute approximate surface area is 246 Å². The van der Waals surface area contributed by atoms with Crippen LogP contribution in [0, 0.1) is 5.95 Å². The van der Waals surface area contributed by atoms with Crippen LogP contribution in [0.2, 0.25) is 0 Å². The van der Waals surface area contributed by atoms with E-state index in [1.807, 2.05) is 6.92 Å². The van der Waals surface area contributed by atoms with Crippen molar-refractivity contribution in [3.8, 4) is 11.4 Å². The van der Waals surface area contributed by atoms with Crippen LogP contribution in [0.25, 0.3) is 22.6 Å². The van der Waals surface area contributed by atoms with Gasteiger partial charge in [0.25, 0.3) is 11.5 Å². The molecule has 1 fully saturated rings. The first-order chi connectivity index (χ1) is 20.8. The predicted octanol–water partition coefficient (Wildman–Crippen LogP) is 2.20. The van der Waals surface area contributed by atoms with Gasteiger partial charge < -0.3 is 14.6 Å². The minimum Gasteiger partial charge on any atom is -0.383 e. The maximum Gasteiger partial charge on any atom is 0.332 e. The quantitative estimate of drug-likeness (QED) is 0.246. The fourth-order valence-corrected chi connectivity index (χ4v) is 5.13. The van der Waals surface area contributed by atoms with E-state index in [9.17, 15) is 23.6 Å². The van der Waals surface area contributed by atoms with E-state index < -0.39 is 23.1 Å². The molecule has 43 heavy (non-hydrogen) atoms. The number of aromatic amines is 1. The summed E-state index contributed by atoms with van der Waals surface area (Å²) in [4.78, 5) is 70.7. The number of halogens is 1. The van der Waals surface area contributed by atoms with E-state index in [4.69, 9.17) is 4.74 Å². The number of nitrogens with zero attached hydrogens (tertiary/aromatic N) is 7. The van der Waals surface area contributed by atoms with Crippen molar-refractivity contribution in [3.05, 3.63) is 69.0 Å². The minimum atomic E-state index is -0.692. The molecule has 1 N–H and O–H groups in total. The molecule has 0 saturated carbocycles. The van der Waals surface area contributed by atoms with Crippen LogP contribution in [0.3, 0.4) is 0 Å². The molecular weight excluding hydrogens is 559 g/mol. The molecule has 4 aromatic heterocycles. The van der Waals surface area contributed by atoms with Crippen LogP contribution in [-0.4, -0.2) is 79.1 Å². The molecule has 0 atom stereocenters. The van der Waals surface area contributed by atoms with Gasteiger partial charge in [-0.1, -0.05) is 6.92 Å². The third-order valence-electron chi connectivity index (χ3n) is 7.33. The monoisotopic (exact) mass is 592 g/mol. The number of pyridine rings is 2. The molecular formula is C29H33FN8O5. The second-order valence-corrected chi connectivity index (χ2v) is 10.2. The van der Waals surface area contributed by atoms with Crippen molar-refractivity contribution in [1.82, 2.24) is 34.0 Å². The minimum absolute atomic E-state index is 0.0997. The lowest BCUT2D eigenvalue weighted by Gasteiger charge is -2.21. The molecule has 2 amide bonds. The number of hydrogen-bond donors (Lipinski definition) is 1. The van der Waals surface area contributed by atoms with Crippen molar-refractivity contribution in [2.75, 3.05) is 38.3 Å². The van der Waals surface area contributed by atoms with Crippen LogP contribution in [0.5, 0.6) is 0 Å². The Morgan fingerprint density at radius 2 is 1.91 bits per heavy atom. The topological polar surface area (TPSA) is 148 Å². The number of methoxy groups -OCH3 is 1. The Balaban J connectivity index is 1.44. The van der Waals surface area contributed by atoms with Crippen LogP contribution < -0.4 is 16.1 Å². The molecule has 5 heterocycles. The Morgan fingerprint density at radius 1 is 1.07 bits per heavy atom. The molecule has 4 aromatic rings. The largest absolute Gasteiger partial charge is 0.383 e. The average molecular weight is 593 g/mol. The number of carbonyl (C=O) groups is 2. The number of hydrogen-bond acceptors (Lipinski definition) is 8. The molecule has 1 aliphatic heterocycles. The number of imidazole rings is 1. The fourth-order valence-electron chi connectivity index (χ4n) is 5.13. The Morgan fingerprint density at radius 3 is 2.56 bits per heavy atom. The van der Waals surface area contributed by atoms with Gasteiger partial charge in [-0.25, -0.2) is 19.7 Å². The van der Waals surface area contributed by atoms with Gasteiger partial charge >= 0.3 is 5.69 Å². The summed E-state index contributed by atoms with van der Waals surface area (Å²) >= 11 is 0. The third-order valence-corrected chi connectivity index (χ3v) is 7.33. The lowest BCUT2D eigenvalue weighted by Crippen LogP contribution is -2.41. The van der Waals surface area contributed by atoms with E-state index in [-0.39, 0.29) is 42.3 Å². The number of nitrogens with one attached hydrogen (secondary N) is 1. The standard InChI is InChI=1S/C29H33FN8O5/c1-3-11-37-26-24(28(41)38(29(37)42)14-5-13-35-12-4-6-23(35)39)33-25(34-26)19-8-10-22(32-17-19)36(15-16-43-2)27(40)20-7-9-21(30)31-18-20/h7-10,17-18H,3-6,11-16H2,1-2H3,(H,33,34). The van der Waals surface area contributed by atoms with E-state index in [0.717, 1.165) is 18.7 Å². The number of carbonyl (C=O) groups excluding carboxylic acids is 2. The molecule has 0 spiro atoms. The number of amides is 2. The number of H-pyrrole nitrogens is 1. The third kappa shape index (κ3) is 6.23. The maximum absolute atomic E-state index is 13.4. The van der Waals surface area contributed by atoms with E-state index >= 15 is 0 Å². The van der Waals surface area contributed by atoms with Gasteiger partial charge in [0.1, 0.15) is 17.2 Å². The molecule has 0 aromatic carbocycles. The van der Waals surface area contributed by atoms with Gasteiger partial charge in [0.05, 0.1) is 18.7 Å². The Hall–Kier alpha value is -4.72. The van der Waals surface area contributed by atoms with Gasteiger partial charge in [0.15, 0.2) is 5.65 Å². The first-order valence-electron chi connectivity index (χ1n) is 14.2. The molecule has 0 radical (unpaired) electrons. The number of likely N-dealkylation sites (tertiary alicyclic amines) is 1. The predicted molar refractivity (Wildman–Crippen MR) is 156 cm³/mol. The van der Waals surface area contributed by atoms with Crippen LogP contribution in [0.15, 0.2) is 46.2 Å². The smallest absolute Gasteiger partial charge is 0.332 e. The first kappa shape index (κ1) is 29.8. The van der Waals surface area contributed by atoms with Crippen LogP contribution >= 0.6 is 0 Å². The highest BCUT2D eigenvalue weighted by Gasteiger charge is 2.22. The number of aromatic nitrogens is 6. The van der Waals surface area contributed by atoms with Crippen molar-refractivity contribution in [2.24, 2.45) is 0 Å². The molecule has 226 valence electrons. The SMILES string of the molecule is CCCn1c(=O)n(CCCN2CCCC2=O)c(=O)c2[nH]c(-c3ccc(N(CCOC)C(=O)c4ccc(F)nc4)nc3)nc21. The molecule has 1 saturated heterocycles. The molecule has 1 aliphatic rings. The number of ether oxygens (including phenoxy) is 1. The van der Waals surface area contributed by atoms with Gasteiger partial charge in [-0.2, -0.15) is 4.39 Å². The summed E-state index contributed by atoms with van der Waals surface area (Å²) < 4.78 is 21.1. The molecule has 14 heteroatoms. The number of fused-ring (bicyclic) bond motifs is 1. The summed E-state index contributed by atoms with van der Waals surface area (Å²) in [6.45, 7) is 4.11. The van der Waals surface area contributed by atoms with E-state index in [2.05, 4.69) is 19.9 Å². The highest BCUT2D eigenvalue weighted by Crippen LogP contribution is 2.22. The molecule has 5 rings (SSSR count). The zero-order chi connectivity index (χ0) is 30.5. The fraction of sp³-hybridized carbons (Fsp3) is 0.414. The van der Waals surface area contributed by atoms with E-state index in [1.54, 1.807) is 17.0 Å². The molecule has 13 nitrogen and oxygen atoms in total. The number of aryl methyl sites for hydroxylation is 1.